The number of rotatable bonds is 4. The zero-order valence-electron chi connectivity index (χ0n) is 9.93. The molecule has 4 nitrogen and oxygen atoms in total. The molecule has 2 aliphatic rings. The Balaban J connectivity index is 1.87. The van der Waals surface area contributed by atoms with E-state index in [4.69, 9.17) is 5.73 Å². The second kappa shape index (κ2) is 4.63. The molecule has 94 valence electrons. The molecular formula is C11H22N2O2S. The molecule has 0 aromatic heterocycles. The lowest BCUT2D eigenvalue weighted by molar-refractivity contribution is 0.250. The van der Waals surface area contributed by atoms with Crippen LogP contribution in [0.4, 0.5) is 0 Å². The summed E-state index contributed by atoms with van der Waals surface area (Å²) in [5.41, 5.74) is 5.84. The minimum absolute atomic E-state index is 0.188. The number of nitrogens with two attached hydrogens (primary N) is 1. The molecule has 1 aliphatic carbocycles. The summed E-state index contributed by atoms with van der Waals surface area (Å²) in [7, 11) is -2.98. The SMILES string of the molecule is CC(N)C1CCN(S(=O)(=O)CC2CC2)CC1. The van der Waals surface area contributed by atoms with E-state index in [2.05, 4.69) is 0 Å². The van der Waals surface area contributed by atoms with Gasteiger partial charge in [-0.25, -0.2) is 12.7 Å². The molecule has 1 unspecified atom stereocenters. The molecule has 1 aliphatic heterocycles. The molecule has 0 spiro atoms. The quantitative estimate of drug-likeness (QED) is 0.797. The number of sulfonamides is 1. The highest BCUT2D eigenvalue weighted by atomic mass is 32.2. The van der Waals surface area contributed by atoms with E-state index in [1.54, 1.807) is 4.31 Å². The van der Waals surface area contributed by atoms with Crippen molar-refractivity contribution in [3.8, 4) is 0 Å². The Bertz CT molecular complexity index is 328. The van der Waals surface area contributed by atoms with E-state index in [0.29, 0.717) is 30.7 Å². The highest BCUT2D eigenvalue weighted by molar-refractivity contribution is 7.89. The van der Waals surface area contributed by atoms with Gasteiger partial charge in [-0.2, -0.15) is 0 Å². The summed E-state index contributed by atoms with van der Waals surface area (Å²) in [6.07, 6.45) is 4.02. The van der Waals surface area contributed by atoms with Crippen molar-refractivity contribution in [1.29, 1.82) is 0 Å². The van der Waals surface area contributed by atoms with E-state index in [1.807, 2.05) is 6.92 Å². The minimum Gasteiger partial charge on any atom is -0.328 e. The van der Waals surface area contributed by atoms with Crippen LogP contribution in [0.5, 0.6) is 0 Å². The van der Waals surface area contributed by atoms with Crippen LogP contribution in [0.2, 0.25) is 0 Å². The fraction of sp³-hybridized carbons (Fsp3) is 1.00. The van der Waals surface area contributed by atoms with Gasteiger partial charge in [-0.15, -0.1) is 0 Å². The van der Waals surface area contributed by atoms with Gasteiger partial charge in [0.2, 0.25) is 10.0 Å². The summed E-state index contributed by atoms with van der Waals surface area (Å²) in [4.78, 5) is 0. The van der Waals surface area contributed by atoms with Crippen LogP contribution in [-0.2, 0) is 10.0 Å². The average molecular weight is 246 g/mol. The Hall–Kier alpha value is -0.130. The topological polar surface area (TPSA) is 63.4 Å². The van der Waals surface area contributed by atoms with Crippen molar-refractivity contribution in [1.82, 2.24) is 4.31 Å². The monoisotopic (exact) mass is 246 g/mol. The van der Waals surface area contributed by atoms with Crippen LogP contribution in [0.1, 0.15) is 32.6 Å². The van der Waals surface area contributed by atoms with Crippen molar-refractivity contribution >= 4 is 10.0 Å². The minimum atomic E-state index is -2.98. The van der Waals surface area contributed by atoms with Crippen LogP contribution in [0.15, 0.2) is 0 Å². The predicted octanol–water partition coefficient (Wildman–Crippen LogP) is 0.785. The van der Waals surface area contributed by atoms with Gasteiger partial charge in [-0.1, -0.05) is 0 Å². The Labute approximate surface area is 98.2 Å². The fourth-order valence-electron chi connectivity index (χ4n) is 2.37. The molecule has 0 aromatic carbocycles. The standard InChI is InChI=1S/C11H22N2O2S/c1-9(12)11-4-6-13(7-5-11)16(14,15)8-10-2-3-10/h9-11H,2-8,12H2,1H3. The zero-order valence-corrected chi connectivity index (χ0v) is 10.7. The van der Waals surface area contributed by atoms with Gasteiger partial charge in [0.15, 0.2) is 0 Å². The maximum atomic E-state index is 12.0. The van der Waals surface area contributed by atoms with Gasteiger partial charge in [0.25, 0.3) is 0 Å². The van der Waals surface area contributed by atoms with Crippen LogP contribution in [0, 0.1) is 11.8 Å². The van der Waals surface area contributed by atoms with Gasteiger partial charge < -0.3 is 5.73 Å². The van der Waals surface area contributed by atoms with Crippen molar-refractivity contribution in [3.05, 3.63) is 0 Å². The summed E-state index contributed by atoms with van der Waals surface area (Å²) in [5, 5.41) is 0. The van der Waals surface area contributed by atoms with Crippen molar-refractivity contribution in [3.63, 3.8) is 0 Å². The van der Waals surface area contributed by atoms with Gasteiger partial charge in [-0.3, -0.25) is 0 Å². The van der Waals surface area contributed by atoms with Crippen LogP contribution in [0.3, 0.4) is 0 Å². The molecule has 0 aromatic rings. The van der Waals surface area contributed by atoms with Crippen LogP contribution in [-0.4, -0.2) is 37.6 Å². The van der Waals surface area contributed by atoms with E-state index in [-0.39, 0.29) is 6.04 Å². The molecule has 2 fully saturated rings. The van der Waals surface area contributed by atoms with Gasteiger partial charge in [0.05, 0.1) is 5.75 Å². The van der Waals surface area contributed by atoms with Crippen LogP contribution >= 0.6 is 0 Å². The maximum absolute atomic E-state index is 12.0. The van der Waals surface area contributed by atoms with E-state index in [0.717, 1.165) is 25.7 Å². The lowest BCUT2D eigenvalue weighted by Crippen LogP contribution is -2.43. The number of hydrogen-bond acceptors (Lipinski definition) is 3. The third kappa shape index (κ3) is 2.96. The summed E-state index contributed by atoms with van der Waals surface area (Å²) in [6.45, 7) is 3.35. The Morgan fingerprint density at radius 2 is 1.81 bits per heavy atom. The summed E-state index contributed by atoms with van der Waals surface area (Å²) in [5.74, 6) is 1.30. The Kier molecular flexibility index (Phi) is 3.56. The van der Waals surface area contributed by atoms with Crippen molar-refractivity contribution in [2.24, 2.45) is 17.6 Å². The fourth-order valence-corrected chi connectivity index (χ4v) is 4.27. The number of nitrogens with zero attached hydrogens (tertiary/aromatic N) is 1. The second-order valence-electron chi connectivity index (χ2n) is 5.32. The molecule has 1 saturated carbocycles. The first kappa shape index (κ1) is 12.3. The Morgan fingerprint density at radius 3 is 2.25 bits per heavy atom. The third-order valence-corrected chi connectivity index (χ3v) is 5.82. The van der Waals surface area contributed by atoms with Crippen molar-refractivity contribution in [2.45, 2.75) is 38.6 Å². The highest BCUT2D eigenvalue weighted by Gasteiger charge is 2.34. The molecule has 1 heterocycles. The molecule has 2 N–H and O–H groups in total. The first-order valence-corrected chi connectivity index (χ1v) is 7.83. The van der Waals surface area contributed by atoms with Crippen LogP contribution in [0.25, 0.3) is 0 Å². The molecule has 0 radical (unpaired) electrons. The molecule has 2 rings (SSSR count). The van der Waals surface area contributed by atoms with Crippen molar-refractivity contribution < 1.29 is 8.42 Å². The summed E-state index contributed by atoms with van der Waals surface area (Å²) in [6, 6.07) is 0.188. The molecule has 16 heavy (non-hydrogen) atoms. The molecule has 0 bridgehead atoms. The molecule has 5 heteroatoms. The smallest absolute Gasteiger partial charge is 0.214 e. The van der Waals surface area contributed by atoms with Gasteiger partial charge in [0.1, 0.15) is 0 Å². The van der Waals surface area contributed by atoms with E-state index < -0.39 is 10.0 Å². The van der Waals surface area contributed by atoms with E-state index in [1.165, 1.54) is 0 Å². The van der Waals surface area contributed by atoms with E-state index in [9.17, 15) is 8.42 Å². The average Bonchev–Trinajstić information content (AvgIpc) is 3.01. The summed E-state index contributed by atoms with van der Waals surface area (Å²) < 4.78 is 25.7. The second-order valence-corrected chi connectivity index (χ2v) is 7.33. The van der Waals surface area contributed by atoms with E-state index >= 15 is 0 Å². The molecule has 0 amide bonds. The van der Waals surface area contributed by atoms with Gasteiger partial charge in [0, 0.05) is 19.1 Å². The highest BCUT2D eigenvalue weighted by Crippen LogP contribution is 2.32. The van der Waals surface area contributed by atoms with Gasteiger partial charge >= 0.3 is 0 Å². The Morgan fingerprint density at radius 1 is 1.25 bits per heavy atom. The van der Waals surface area contributed by atoms with Crippen molar-refractivity contribution in [2.75, 3.05) is 18.8 Å². The zero-order chi connectivity index (χ0) is 11.8. The molecule has 1 saturated heterocycles. The molecule has 1 atom stereocenters. The normalized spacial score (nSPS) is 26.9. The predicted molar refractivity (Wildman–Crippen MR) is 64.5 cm³/mol. The lowest BCUT2D eigenvalue weighted by Gasteiger charge is -2.32. The molecular weight excluding hydrogens is 224 g/mol. The lowest BCUT2D eigenvalue weighted by atomic mass is 9.92. The number of piperidine rings is 1. The van der Waals surface area contributed by atoms with Crippen LogP contribution < -0.4 is 5.73 Å². The number of hydrogen-bond donors (Lipinski definition) is 1. The van der Waals surface area contributed by atoms with Gasteiger partial charge in [-0.05, 0) is 44.4 Å². The first-order valence-electron chi connectivity index (χ1n) is 6.22. The summed E-state index contributed by atoms with van der Waals surface area (Å²) >= 11 is 0. The largest absolute Gasteiger partial charge is 0.328 e. The first-order chi connectivity index (χ1) is 7.49. The third-order valence-electron chi connectivity index (χ3n) is 3.78. The maximum Gasteiger partial charge on any atom is 0.214 e.